The van der Waals surface area contributed by atoms with E-state index in [9.17, 15) is 19.2 Å². The van der Waals surface area contributed by atoms with Gasteiger partial charge in [-0.25, -0.2) is 0 Å². The molecule has 0 bridgehead atoms. The number of aromatic nitrogens is 2. The number of rotatable bonds is 14. The summed E-state index contributed by atoms with van der Waals surface area (Å²) in [6.07, 6.45) is -6.34. The Morgan fingerprint density at radius 1 is 1.00 bits per heavy atom. The zero-order valence-electron chi connectivity index (χ0n) is 26.8. The van der Waals surface area contributed by atoms with Gasteiger partial charge in [-0.15, -0.1) is 5.10 Å². The highest BCUT2D eigenvalue weighted by atomic mass is 16.7. The number of ether oxygens (including phenoxy) is 7. The second-order valence-electron chi connectivity index (χ2n) is 10.8. The third-order valence-electron chi connectivity index (χ3n) is 6.82. The summed E-state index contributed by atoms with van der Waals surface area (Å²) in [7, 11) is 0. The quantitative estimate of drug-likeness (QED) is 0.0780. The van der Waals surface area contributed by atoms with Gasteiger partial charge in [0.25, 0.3) is 0 Å². The minimum Gasteiger partial charge on any atom is -0.493 e. The molecule has 5 atom stereocenters. The minimum atomic E-state index is -1.43. The Morgan fingerprint density at radius 2 is 1.65 bits per heavy atom. The summed E-state index contributed by atoms with van der Waals surface area (Å²) in [5.74, 6) is -2.14. The number of aryl methyl sites for hydroxylation is 1. The van der Waals surface area contributed by atoms with Crippen LogP contribution < -0.4 is 9.47 Å². The van der Waals surface area contributed by atoms with E-state index in [1.807, 2.05) is 32.9 Å². The summed E-state index contributed by atoms with van der Waals surface area (Å²) < 4.78 is 39.6. The van der Waals surface area contributed by atoms with Gasteiger partial charge in [0.1, 0.15) is 18.5 Å². The number of azide groups is 1. The maximum atomic E-state index is 12.2. The van der Waals surface area contributed by atoms with Crippen LogP contribution in [-0.2, 0) is 49.3 Å². The Balaban J connectivity index is 2.00. The molecule has 1 unspecified atom stereocenters. The van der Waals surface area contributed by atoms with Crippen molar-refractivity contribution in [3.8, 4) is 11.6 Å². The van der Waals surface area contributed by atoms with Crippen molar-refractivity contribution in [2.45, 2.75) is 91.5 Å². The number of hydrogen-bond acceptors (Lipinski definition) is 13. The number of nitrogens with zero attached hydrogens (tertiary/aromatic N) is 4. The average molecular weight is 646 g/mol. The molecule has 1 N–H and O–H groups in total. The lowest BCUT2D eigenvalue weighted by Crippen LogP contribution is -2.63. The largest absolute Gasteiger partial charge is 0.493 e. The van der Waals surface area contributed by atoms with Gasteiger partial charge < -0.3 is 33.2 Å². The summed E-state index contributed by atoms with van der Waals surface area (Å²) in [6, 6.07) is 5.56. The molecule has 3 rings (SSSR count). The van der Waals surface area contributed by atoms with Crippen molar-refractivity contribution < 1.29 is 52.3 Å². The van der Waals surface area contributed by atoms with E-state index in [1.165, 1.54) is 6.92 Å². The molecular weight excluding hydrogens is 606 g/mol. The Morgan fingerprint density at radius 3 is 2.24 bits per heavy atom. The number of H-pyrrole nitrogens is 1. The zero-order valence-corrected chi connectivity index (χ0v) is 26.8. The topological polar surface area (TPSA) is 210 Å². The first kappa shape index (κ1) is 35.7. The molecule has 1 aromatic carbocycles. The van der Waals surface area contributed by atoms with Crippen LogP contribution in [0.4, 0.5) is 0 Å². The lowest BCUT2D eigenvalue weighted by Gasteiger charge is -2.43. The molecule has 0 saturated carbocycles. The number of hydrogen-bond donors (Lipinski definition) is 1. The predicted molar refractivity (Wildman–Crippen MR) is 159 cm³/mol. The lowest BCUT2D eigenvalue weighted by molar-refractivity contribution is -0.289. The van der Waals surface area contributed by atoms with Crippen LogP contribution in [0.3, 0.4) is 0 Å². The highest BCUT2D eigenvalue weighted by molar-refractivity contribution is 5.68. The maximum absolute atomic E-state index is 12.2. The highest BCUT2D eigenvalue weighted by Crippen LogP contribution is 2.34. The number of esters is 4. The molecule has 2 heterocycles. The zero-order chi connectivity index (χ0) is 34.0. The van der Waals surface area contributed by atoms with Gasteiger partial charge in [0, 0.05) is 50.3 Å². The Labute approximate surface area is 265 Å². The van der Waals surface area contributed by atoms with Crippen LogP contribution in [0.25, 0.3) is 10.4 Å². The van der Waals surface area contributed by atoms with E-state index in [0.29, 0.717) is 17.7 Å². The summed E-state index contributed by atoms with van der Waals surface area (Å²) >= 11 is 0. The minimum absolute atomic E-state index is 0.00107. The molecule has 0 aliphatic carbocycles. The van der Waals surface area contributed by atoms with E-state index in [4.69, 9.17) is 38.7 Å². The number of carbonyl (C=O) groups is 4. The van der Waals surface area contributed by atoms with E-state index in [0.717, 1.165) is 37.6 Å². The fourth-order valence-electron chi connectivity index (χ4n) is 4.90. The van der Waals surface area contributed by atoms with E-state index in [-0.39, 0.29) is 24.9 Å². The second kappa shape index (κ2) is 16.5. The molecule has 16 heteroatoms. The number of aromatic amines is 1. The average Bonchev–Trinajstić information content (AvgIpc) is 3.36. The van der Waals surface area contributed by atoms with Gasteiger partial charge in [-0.2, -0.15) is 0 Å². The molecule has 2 aromatic rings. The van der Waals surface area contributed by atoms with Crippen LogP contribution in [0, 0.1) is 6.92 Å². The van der Waals surface area contributed by atoms with Crippen LogP contribution in [0.15, 0.2) is 23.3 Å². The highest BCUT2D eigenvalue weighted by Gasteiger charge is 2.53. The smallest absolute Gasteiger partial charge is 0.303 e. The molecule has 1 aliphatic rings. The van der Waals surface area contributed by atoms with Crippen LogP contribution in [0.5, 0.6) is 11.6 Å². The second-order valence-corrected chi connectivity index (χ2v) is 10.8. The van der Waals surface area contributed by atoms with Crippen molar-refractivity contribution in [3.63, 3.8) is 0 Å². The van der Waals surface area contributed by atoms with Crippen molar-refractivity contribution in [3.05, 3.63) is 51.0 Å². The molecule has 1 saturated heterocycles. The molecule has 0 amide bonds. The Hall–Kier alpha value is -4.82. The van der Waals surface area contributed by atoms with Crippen molar-refractivity contribution in [1.29, 1.82) is 0 Å². The summed E-state index contributed by atoms with van der Waals surface area (Å²) in [6.45, 7) is 10.5. The predicted octanol–water partition coefficient (Wildman–Crippen LogP) is 3.58. The van der Waals surface area contributed by atoms with E-state index in [1.54, 1.807) is 6.07 Å². The van der Waals surface area contributed by atoms with Crippen LogP contribution in [0.2, 0.25) is 0 Å². The normalized spacial score (nSPS) is 20.7. The fourth-order valence-corrected chi connectivity index (χ4v) is 4.90. The van der Waals surface area contributed by atoms with E-state index in [2.05, 4.69) is 20.2 Å². The third-order valence-corrected chi connectivity index (χ3v) is 6.82. The Kier molecular flexibility index (Phi) is 12.8. The molecule has 1 fully saturated rings. The summed E-state index contributed by atoms with van der Waals surface area (Å²) in [5.41, 5.74) is 11.8. The first-order chi connectivity index (χ1) is 21.8. The first-order valence-electron chi connectivity index (χ1n) is 14.6. The number of nitrogens with one attached hydrogen (secondary N) is 1. The first-order valence-corrected chi connectivity index (χ1v) is 14.6. The fraction of sp³-hybridized carbons (Fsp3) is 0.567. The number of benzene rings is 1. The third kappa shape index (κ3) is 9.84. The van der Waals surface area contributed by atoms with Gasteiger partial charge in [0.05, 0.1) is 13.2 Å². The molecular formula is C30H39N5O11. The SMILES string of the molecule is CC(=O)OC[C@H]1OC(Oc2n[nH]c(C(C)C)c2Cc2ccc(OCCN=[N+]=[N-])cc2C)[C@H](OC(C)=O)[C@@H](OC(C)=O)[C@@H]1OC(C)=O. The molecule has 16 nitrogen and oxygen atoms in total. The molecule has 0 spiro atoms. The number of carbonyl (C=O) groups excluding carboxylic acids is 4. The summed E-state index contributed by atoms with van der Waals surface area (Å²) in [5, 5.41) is 10.9. The summed E-state index contributed by atoms with van der Waals surface area (Å²) in [4.78, 5) is 50.8. The van der Waals surface area contributed by atoms with Gasteiger partial charge in [-0.05, 0) is 41.6 Å². The van der Waals surface area contributed by atoms with Gasteiger partial charge in [0.15, 0.2) is 12.2 Å². The van der Waals surface area contributed by atoms with E-state index < -0.39 is 61.2 Å². The molecule has 0 radical (unpaired) electrons. The van der Waals surface area contributed by atoms with Crippen molar-refractivity contribution in [2.24, 2.45) is 5.11 Å². The van der Waals surface area contributed by atoms with Crippen LogP contribution in [0.1, 0.15) is 69.8 Å². The Bertz CT molecular complexity index is 1450. The molecule has 1 aliphatic heterocycles. The molecule has 46 heavy (non-hydrogen) atoms. The molecule has 250 valence electrons. The van der Waals surface area contributed by atoms with Crippen molar-refractivity contribution >= 4 is 23.9 Å². The van der Waals surface area contributed by atoms with Crippen molar-refractivity contribution in [1.82, 2.24) is 10.2 Å². The van der Waals surface area contributed by atoms with E-state index >= 15 is 0 Å². The van der Waals surface area contributed by atoms with Crippen LogP contribution >= 0.6 is 0 Å². The van der Waals surface area contributed by atoms with Crippen LogP contribution in [-0.4, -0.2) is 84.5 Å². The molecule has 1 aromatic heterocycles. The lowest BCUT2D eigenvalue weighted by atomic mass is 9.96. The van der Waals surface area contributed by atoms with Gasteiger partial charge >= 0.3 is 23.9 Å². The van der Waals surface area contributed by atoms with Gasteiger partial charge in [-0.3, -0.25) is 24.3 Å². The van der Waals surface area contributed by atoms with Crippen molar-refractivity contribution in [2.75, 3.05) is 19.8 Å². The monoisotopic (exact) mass is 645 g/mol. The van der Waals surface area contributed by atoms with Gasteiger partial charge in [0.2, 0.25) is 18.3 Å². The standard InChI is InChI=1S/C30H39N5O11/c1-15(2)25-23(13-21-8-9-22(12-16(21)3)40-11-10-32-35-31)29(34-33-25)46-30-28(44-20(7)39)27(43-19(6)38)26(42-18(5)37)24(45-30)14-41-17(4)36/h8-9,12,15,24,26-28,30H,10-11,13-14H2,1-7H3,(H,33,34)/t24-,26-,27+,28-,30?/m1/s1. The van der Waals surface area contributed by atoms with Gasteiger partial charge in [-0.1, -0.05) is 25.0 Å². The maximum Gasteiger partial charge on any atom is 0.303 e.